The maximum atomic E-state index is 11.9. The lowest BCUT2D eigenvalue weighted by atomic mass is 10.0. The Kier molecular flexibility index (Phi) is 6.69. The van der Waals surface area contributed by atoms with Gasteiger partial charge in [0.1, 0.15) is 0 Å². The van der Waals surface area contributed by atoms with E-state index in [2.05, 4.69) is 57.7 Å². The molecule has 6 heteroatoms. The van der Waals surface area contributed by atoms with Crippen LogP contribution in [0.5, 0.6) is 0 Å². The molecule has 2 aliphatic rings. The maximum Gasteiger partial charge on any atom is 0.225 e. The Morgan fingerprint density at radius 1 is 1.22 bits per heavy atom. The summed E-state index contributed by atoms with van der Waals surface area (Å²) in [4.78, 5) is 16.8. The zero-order valence-corrected chi connectivity index (χ0v) is 14.5. The number of para-hydroxylation sites is 1. The highest BCUT2D eigenvalue weighted by atomic mass is 35.5. The largest absolute Gasteiger partial charge is 0.369 e. The van der Waals surface area contributed by atoms with Gasteiger partial charge in [0.05, 0.1) is 5.92 Å². The number of benzene rings is 1. The normalized spacial score (nSPS) is 20.3. The lowest BCUT2D eigenvalue weighted by molar-refractivity contribution is -0.126. The van der Waals surface area contributed by atoms with Gasteiger partial charge in [0.25, 0.3) is 0 Å². The Bertz CT molecular complexity index is 487. The lowest BCUT2D eigenvalue weighted by Gasteiger charge is -2.39. The Balaban J connectivity index is 0.00000192. The second-order valence-electron chi connectivity index (χ2n) is 6.31. The molecule has 2 heterocycles. The number of carbonyl (C=O) groups is 1. The number of anilines is 1. The van der Waals surface area contributed by atoms with E-state index in [9.17, 15) is 4.79 Å². The van der Waals surface area contributed by atoms with Crippen LogP contribution in [0.25, 0.3) is 0 Å². The van der Waals surface area contributed by atoms with E-state index in [0.29, 0.717) is 6.04 Å². The van der Waals surface area contributed by atoms with Gasteiger partial charge in [-0.25, -0.2) is 0 Å². The molecule has 0 bridgehead atoms. The molecule has 2 fully saturated rings. The van der Waals surface area contributed by atoms with Gasteiger partial charge in [0.2, 0.25) is 5.91 Å². The zero-order valence-electron chi connectivity index (χ0n) is 13.7. The SMILES string of the molecule is CC(CNC(=O)C1CNC1)N1CCN(c2ccccc2)CC1.Cl. The molecule has 3 rings (SSSR count). The van der Waals surface area contributed by atoms with Gasteiger partial charge < -0.3 is 15.5 Å². The summed E-state index contributed by atoms with van der Waals surface area (Å²) >= 11 is 0. The van der Waals surface area contributed by atoms with E-state index in [1.807, 2.05) is 0 Å². The van der Waals surface area contributed by atoms with Crippen LogP contribution in [0.3, 0.4) is 0 Å². The van der Waals surface area contributed by atoms with Gasteiger partial charge in [0.15, 0.2) is 0 Å². The van der Waals surface area contributed by atoms with Crippen molar-refractivity contribution in [2.24, 2.45) is 5.92 Å². The molecule has 23 heavy (non-hydrogen) atoms. The summed E-state index contributed by atoms with van der Waals surface area (Å²) < 4.78 is 0. The molecule has 1 aromatic rings. The Morgan fingerprint density at radius 3 is 2.43 bits per heavy atom. The molecule has 1 unspecified atom stereocenters. The average Bonchev–Trinajstić information content (AvgIpc) is 2.52. The van der Waals surface area contributed by atoms with Crippen molar-refractivity contribution in [3.05, 3.63) is 30.3 Å². The third kappa shape index (κ3) is 4.59. The molecule has 0 aromatic heterocycles. The minimum absolute atomic E-state index is 0. The van der Waals surface area contributed by atoms with Crippen molar-refractivity contribution >= 4 is 24.0 Å². The zero-order chi connectivity index (χ0) is 15.4. The van der Waals surface area contributed by atoms with Crippen LogP contribution in [-0.2, 0) is 4.79 Å². The highest BCUT2D eigenvalue weighted by Gasteiger charge is 2.26. The fraction of sp³-hybridized carbons (Fsp3) is 0.588. The second-order valence-corrected chi connectivity index (χ2v) is 6.31. The van der Waals surface area contributed by atoms with Gasteiger partial charge in [0, 0.05) is 57.5 Å². The molecular formula is C17H27ClN4O. The first-order chi connectivity index (χ1) is 10.7. The number of rotatable bonds is 5. The predicted octanol–water partition coefficient (Wildman–Crippen LogP) is 0.955. The minimum Gasteiger partial charge on any atom is -0.369 e. The fourth-order valence-electron chi connectivity index (χ4n) is 3.06. The van der Waals surface area contributed by atoms with Crippen molar-refractivity contribution in [3.8, 4) is 0 Å². The summed E-state index contributed by atoms with van der Waals surface area (Å²) in [5.41, 5.74) is 1.31. The Labute approximate surface area is 144 Å². The highest BCUT2D eigenvalue weighted by molar-refractivity contribution is 5.85. The quantitative estimate of drug-likeness (QED) is 0.839. The number of halogens is 1. The molecule has 1 amide bonds. The van der Waals surface area contributed by atoms with E-state index in [-0.39, 0.29) is 24.2 Å². The van der Waals surface area contributed by atoms with Gasteiger partial charge in [-0.05, 0) is 19.1 Å². The summed E-state index contributed by atoms with van der Waals surface area (Å²) in [6.45, 7) is 8.82. The average molecular weight is 339 g/mol. The van der Waals surface area contributed by atoms with Crippen molar-refractivity contribution in [1.82, 2.24) is 15.5 Å². The van der Waals surface area contributed by atoms with Crippen LogP contribution in [0.15, 0.2) is 30.3 Å². The third-order valence-electron chi connectivity index (χ3n) is 4.78. The Morgan fingerprint density at radius 2 is 1.87 bits per heavy atom. The second kappa shape index (κ2) is 8.52. The first-order valence-electron chi connectivity index (χ1n) is 8.26. The molecule has 0 spiro atoms. The number of nitrogens with zero attached hydrogens (tertiary/aromatic N) is 2. The fourth-order valence-corrected chi connectivity index (χ4v) is 3.06. The molecule has 2 N–H and O–H groups in total. The van der Waals surface area contributed by atoms with Crippen LogP contribution in [0.4, 0.5) is 5.69 Å². The van der Waals surface area contributed by atoms with Gasteiger partial charge in [-0.15, -0.1) is 12.4 Å². The van der Waals surface area contributed by atoms with Crippen LogP contribution >= 0.6 is 12.4 Å². The van der Waals surface area contributed by atoms with E-state index < -0.39 is 0 Å². The number of nitrogens with one attached hydrogen (secondary N) is 2. The number of piperazine rings is 1. The van der Waals surface area contributed by atoms with Crippen molar-refractivity contribution in [2.45, 2.75) is 13.0 Å². The topological polar surface area (TPSA) is 47.6 Å². The first kappa shape index (κ1) is 18.0. The molecule has 5 nitrogen and oxygen atoms in total. The third-order valence-corrected chi connectivity index (χ3v) is 4.78. The van der Waals surface area contributed by atoms with E-state index in [1.165, 1.54) is 5.69 Å². The van der Waals surface area contributed by atoms with E-state index >= 15 is 0 Å². The molecule has 128 valence electrons. The summed E-state index contributed by atoms with van der Waals surface area (Å²) in [5.74, 6) is 0.385. The smallest absolute Gasteiger partial charge is 0.225 e. The molecule has 1 atom stereocenters. The summed E-state index contributed by atoms with van der Waals surface area (Å²) in [7, 11) is 0. The van der Waals surface area contributed by atoms with E-state index in [1.54, 1.807) is 0 Å². The van der Waals surface area contributed by atoms with Crippen LogP contribution in [0.1, 0.15) is 6.92 Å². The van der Waals surface area contributed by atoms with Gasteiger partial charge in [-0.2, -0.15) is 0 Å². The molecule has 0 radical (unpaired) electrons. The van der Waals surface area contributed by atoms with Crippen LogP contribution in [-0.4, -0.2) is 62.7 Å². The van der Waals surface area contributed by atoms with Crippen molar-refractivity contribution < 1.29 is 4.79 Å². The molecule has 1 aromatic carbocycles. The maximum absolute atomic E-state index is 11.9. The highest BCUT2D eigenvalue weighted by Crippen LogP contribution is 2.16. The first-order valence-corrected chi connectivity index (χ1v) is 8.26. The number of hydrogen-bond donors (Lipinski definition) is 2. The monoisotopic (exact) mass is 338 g/mol. The number of hydrogen-bond acceptors (Lipinski definition) is 4. The molecule has 0 saturated carbocycles. The van der Waals surface area contributed by atoms with Crippen LogP contribution in [0.2, 0.25) is 0 Å². The van der Waals surface area contributed by atoms with E-state index in [0.717, 1.165) is 45.8 Å². The predicted molar refractivity (Wildman–Crippen MR) is 96.3 cm³/mol. The van der Waals surface area contributed by atoms with Gasteiger partial charge >= 0.3 is 0 Å². The molecule has 2 saturated heterocycles. The van der Waals surface area contributed by atoms with Gasteiger partial charge in [-0.1, -0.05) is 18.2 Å². The molecule has 0 aliphatic carbocycles. The van der Waals surface area contributed by atoms with Crippen LogP contribution in [0, 0.1) is 5.92 Å². The summed E-state index contributed by atoms with van der Waals surface area (Å²) in [5, 5.41) is 6.23. The van der Waals surface area contributed by atoms with Crippen molar-refractivity contribution in [1.29, 1.82) is 0 Å². The summed E-state index contributed by atoms with van der Waals surface area (Å²) in [6, 6.07) is 11.0. The molecule has 2 aliphatic heterocycles. The molecular weight excluding hydrogens is 312 g/mol. The van der Waals surface area contributed by atoms with Crippen molar-refractivity contribution in [3.63, 3.8) is 0 Å². The standard InChI is InChI=1S/C17H26N4O.ClH/c1-14(11-19-17(22)15-12-18-13-15)20-7-9-21(10-8-20)16-5-3-2-4-6-16;/h2-6,14-15,18H,7-13H2,1H3,(H,19,22);1H. The van der Waals surface area contributed by atoms with Crippen LogP contribution < -0.4 is 15.5 Å². The lowest BCUT2D eigenvalue weighted by Crippen LogP contribution is -2.55. The van der Waals surface area contributed by atoms with Crippen molar-refractivity contribution in [2.75, 3.05) is 50.7 Å². The number of carbonyl (C=O) groups excluding carboxylic acids is 1. The summed E-state index contributed by atoms with van der Waals surface area (Å²) in [6.07, 6.45) is 0. The van der Waals surface area contributed by atoms with Gasteiger partial charge in [-0.3, -0.25) is 9.69 Å². The Hall–Kier alpha value is -1.30. The van der Waals surface area contributed by atoms with E-state index in [4.69, 9.17) is 0 Å². The minimum atomic E-state index is 0. The number of amides is 1.